The topological polar surface area (TPSA) is 35.6 Å². The molecule has 2 rings (SSSR count). The van der Waals surface area contributed by atoms with Crippen LogP contribution in [0.3, 0.4) is 0 Å². The van der Waals surface area contributed by atoms with Crippen LogP contribution in [0.25, 0.3) is 0 Å². The molecule has 1 N–H and O–H groups in total. The molecule has 15 heavy (non-hydrogen) atoms. The van der Waals surface area contributed by atoms with E-state index in [2.05, 4.69) is 24.1 Å². The lowest BCUT2D eigenvalue weighted by Crippen LogP contribution is -2.53. The molecule has 1 saturated carbocycles. The molecular weight excluding hydrogens is 190 g/mol. The zero-order chi connectivity index (χ0) is 10.8. The lowest BCUT2D eigenvalue weighted by molar-refractivity contribution is 0.131. The van der Waals surface area contributed by atoms with Crippen molar-refractivity contribution in [3.63, 3.8) is 0 Å². The minimum absolute atomic E-state index is 0.244. The zero-order valence-corrected chi connectivity index (χ0v) is 9.70. The zero-order valence-electron chi connectivity index (χ0n) is 9.70. The molecule has 0 bridgehead atoms. The predicted octanol–water partition coefficient (Wildman–Crippen LogP) is 0.884. The molecule has 2 aliphatic rings. The van der Waals surface area contributed by atoms with Crippen LogP contribution in [-0.4, -0.2) is 54.1 Å². The van der Waals surface area contributed by atoms with Crippen molar-refractivity contribution in [2.45, 2.75) is 38.8 Å². The number of rotatable bonds is 2. The van der Waals surface area contributed by atoms with Gasteiger partial charge in [0.1, 0.15) is 0 Å². The highest BCUT2D eigenvalue weighted by Crippen LogP contribution is 2.29. The van der Waals surface area contributed by atoms with Gasteiger partial charge in [-0.3, -0.25) is 0 Å². The van der Waals surface area contributed by atoms with Gasteiger partial charge in [0.2, 0.25) is 0 Å². The third-order valence-electron chi connectivity index (χ3n) is 3.11. The molecule has 2 amide bonds. The van der Waals surface area contributed by atoms with E-state index in [-0.39, 0.29) is 6.03 Å². The summed E-state index contributed by atoms with van der Waals surface area (Å²) in [6.07, 6.45) is 2.38. The van der Waals surface area contributed by atoms with Crippen LogP contribution in [0.5, 0.6) is 0 Å². The molecule has 1 saturated heterocycles. The fourth-order valence-corrected chi connectivity index (χ4v) is 2.17. The summed E-state index contributed by atoms with van der Waals surface area (Å²) < 4.78 is 0. The minimum Gasteiger partial charge on any atom is -0.322 e. The number of hydrogen-bond acceptors (Lipinski definition) is 2. The first kappa shape index (κ1) is 10.7. The fraction of sp³-hybridized carbons (Fsp3) is 0.909. The van der Waals surface area contributed by atoms with Crippen molar-refractivity contribution in [2.75, 3.05) is 26.2 Å². The first-order valence-electron chi connectivity index (χ1n) is 5.98. The summed E-state index contributed by atoms with van der Waals surface area (Å²) in [7, 11) is 0. The highest BCUT2D eigenvalue weighted by molar-refractivity contribution is 5.75. The van der Waals surface area contributed by atoms with E-state index in [4.69, 9.17) is 0 Å². The quantitative estimate of drug-likeness (QED) is 0.736. The summed E-state index contributed by atoms with van der Waals surface area (Å²) >= 11 is 0. The number of carbonyl (C=O) groups excluding carboxylic acids is 1. The average Bonchev–Trinajstić information content (AvgIpc) is 3.03. The molecule has 0 aromatic rings. The number of carbonyl (C=O) groups is 1. The fourth-order valence-electron chi connectivity index (χ4n) is 2.17. The molecule has 4 nitrogen and oxygen atoms in total. The van der Waals surface area contributed by atoms with E-state index in [1.807, 2.05) is 4.90 Å². The van der Waals surface area contributed by atoms with Crippen LogP contribution in [-0.2, 0) is 0 Å². The van der Waals surface area contributed by atoms with Crippen molar-refractivity contribution in [2.24, 2.45) is 0 Å². The van der Waals surface area contributed by atoms with Gasteiger partial charge < -0.3 is 15.1 Å². The number of hydrogen-bond donors (Lipinski definition) is 1. The van der Waals surface area contributed by atoms with Gasteiger partial charge >= 0.3 is 6.03 Å². The molecule has 4 heteroatoms. The van der Waals surface area contributed by atoms with Gasteiger partial charge in [0.05, 0.1) is 0 Å². The second-order valence-corrected chi connectivity index (χ2v) is 4.75. The molecule has 86 valence electrons. The van der Waals surface area contributed by atoms with E-state index in [0.717, 1.165) is 26.2 Å². The summed E-state index contributed by atoms with van der Waals surface area (Å²) in [6, 6.07) is 1.10. The summed E-state index contributed by atoms with van der Waals surface area (Å²) in [5.41, 5.74) is 0. The molecule has 1 heterocycles. The highest BCUT2D eigenvalue weighted by Gasteiger charge is 2.36. The Hall–Kier alpha value is -0.770. The van der Waals surface area contributed by atoms with Gasteiger partial charge in [0.15, 0.2) is 0 Å². The Balaban J connectivity index is 1.96. The SMILES string of the molecule is CC(C)N(C(=O)N1CCNCC1)C1CC1. The molecule has 0 atom stereocenters. The monoisotopic (exact) mass is 211 g/mol. The van der Waals surface area contributed by atoms with E-state index < -0.39 is 0 Å². The highest BCUT2D eigenvalue weighted by atomic mass is 16.2. The van der Waals surface area contributed by atoms with Gasteiger partial charge in [-0.25, -0.2) is 4.79 Å². The van der Waals surface area contributed by atoms with Gasteiger partial charge in [-0.15, -0.1) is 0 Å². The third-order valence-corrected chi connectivity index (χ3v) is 3.11. The second-order valence-electron chi connectivity index (χ2n) is 4.75. The largest absolute Gasteiger partial charge is 0.322 e. The second kappa shape index (κ2) is 4.39. The Morgan fingerprint density at radius 2 is 1.93 bits per heavy atom. The van der Waals surface area contributed by atoms with E-state index in [1.165, 1.54) is 12.8 Å². The molecule has 0 aromatic carbocycles. The lowest BCUT2D eigenvalue weighted by atomic mass is 10.3. The maximum absolute atomic E-state index is 12.2. The van der Waals surface area contributed by atoms with Crippen LogP contribution in [0.2, 0.25) is 0 Å². The van der Waals surface area contributed by atoms with E-state index in [0.29, 0.717) is 12.1 Å². The van der Waals surface area contributed by atoms with Crippen LogP contribution in [0.1, 0.15) is 26.7 Å². The first-order chi connectivity index (χ1) is 7.20. The van der Waals surface area contributed by atoms with E-state index in [1.54, 1.807) is 0 Å². The molecule has 0 unspecified atom stereocenters. The Labute approximate surface area is 91.6 Å². The van der Waals surface area contributed by atoms with E-state index >= 15 is 0 Å². The Kier molecular flexibility index (Phi) is 3.14. The summed E-state index contributed by atoms with van der Waals surface area (Å²) in [5.74, 6) is 0. The van der Waals surface area contributed by atoms with Crippen LogP contribution < -0.4 is 5.32 Å². The van der Waals surface area contributed by atoms with Gasteiger partial charge in [-0.1, -0.05) is 0 Å². The van der Waals surface area contributed by atoms with Crippen molar-refractivity contribution in [3.8, 4) is 0 Å². The van der Waals surface area contributed by atoms with Crippen molar-refractivity contribution in [1.82, 2.24) is 15.1 Å². The van der Waals surface area contributed by atoms with Crippen molar-refractivity contribution >= 4 is 6.03 Å². The maximum Gasteiger partial charge on any atom is 0.320 e. The molecular formula is C11H21N3O. The van der Waals surface area contributed by atoms with Gasteiger partial charge in [-0.05, 0) is 26.7 Å². The minimum atomic E-state index is 0.244. The number of piperazine rings is 1. The first-order valence-corrected chi connectivity index (χ1v) is 5.98. The van der Waals surface area contributed by atoms with Crippen LogP contribution in [0.15, 0.2) is 0 Å². The van der Waals surface area contributed by atoms with Crippen molar-refractivity contribution in [1.29, 1.82) is 0 Å². The predicted molar refractivity (Wildman–Crippen MR) is 59.8 cm³/mol. The van der Waals surface area contributed by atoms with Crippen molar-refractivity contribution in [3.05, 3.63) is 0 Å². The maximum atomic E-state index is 12.2. The van der Waals surface area contributed by atoms with Crippen LogP contribution >= 0.6 is 0 Å². The molecule has 0 spiro atoms. The van der Waals surface area contributed by atoms with Crippen LogP contribution in [0, 0.1) is 0 Å². The smallest absolute Gasteiger partial charge is 0.320 e. The summed E-state index contributed by atoms with van der Waals surface area (Å²) in [5, 5.41) is 3.27. The van der Waals surface area contributed by atoms with Crippen molar-refractivity contribution < 1.29 is 4.79 Å². The standard InChI is InChI=1S/C11H21N3O/c1-9(2)14(10-3-4-10)11(15)13-7-5-12-6-8-13/h9-10,12H,3-8H2,1-2H3. The Morgan fingerprint density at radius 3 is 2.40 bits per heavy atom. The number of amides is 2. The number of urea groups is 1. The normalized spacial score (nSPS) is 21.9. The average molecular weight is 211 g/mol. The molecule has 0 radical (unpaired) electrons. The Bertz CT molecular complexity index is 230. The summed E-state index contributed by atoms with van der Waals surface area (Å²) in [6.45, 7) is 7.80. The van der Waals surface area contributed by atoms with Gasteiger partial charge in [0, 0.05) is 38.3 Å². The molecule has 1 aliphatic carbocycles. The molecule has 2 fully saturated rings. The van der Waals surface area contributed by atoms with E-state index in [9.17, 15) is 4.79 Å². The number of nitrogens with zero attached hydrogens (tertiary/aromatic N) is 2. The Morgan fingerprint density at radius 1 is 1.33 bits per heavy atom. The van der Waals surface area contributed by atoms with Gasteiger partial charge in [-0.2, -0.15) is 0 Å². The molecule has 1 aliphatic heterocycles. The summed E-state index contributed by atoms with van der Waals surface area (Å²) in [4.78, 5) is 16.3. The number of nitrogens with one attached hydrogen (secondary N) is 1. The molecule has 0 aromatic heterocycles. The lowest BCUT2D eigenvalue weighted by Gasteiger charge is -2.35. The van der Waals surface area contributed by atoms with Crippen LogP contribution in [0.4, 0.5) is 4.79 Å². The third kappa shape index (κ3) is 2.43. The van der Waals surface area contributed by atoms with Gasteiger partial charge in [0.25, 0.3) is 0 Å².